The van der Waals surface area contributed by atoms with Crippen molar-refractivity contribution < 1.29 is 14.3 Å². The van der Waals surface area contributed by atoms with Gasteiger partial charge < -0.3 is 4.74 Å². The van der Waals surface area contributed by atoms with Gasteiger partial charge in [0.15, 0.2) is 0 Å². The number of hydrogen-bond donors (Lipinski definition) is 0. The Kier molecular flexibility index (Phi) is 5.83. The molecule has 0 N–H and O–H groups in total. The molecule has 4 heteroatoms. The van der Waals surface area contributed by atoms with E-state index in [1.54, 1.807) is 0 Å². The fraction of sp³-hybridized carbons (Fsp3) is 0.333. The van der Waals surface area contributed by atoms with Crippen LogP contribution in [0.15, 0.2) is 60.7 Å². The lowest BCUT2D eigenvalue weighted by atomic mass is 10.1. The summed E-state index contributed by atoms with van der Waals surface area (Å²) in [5.41, 5.74) is 2.39. The number of nitrogens with zero attached hydrogens (tertiary/aromatic N) is 1. The zero-order valence-corrected chi connectivity index (χ0v) is 14.3. The largest absolute Gasteiger partial charge is 0.444 e. The number of cyclic esters (lactones) is 1. The fourth-order valence-corrected chi connectivity index (χ4v) is 3.09. The highest BCUT2D eigenvalue weighted by atomic mass is 16.6. The zero-order valence-electron chi connectivity index (χ0n) is 14.3. The number of carbonyl (C=O) groups is 2. The first-order valence-electron chi connectivity index (χ1n) is 8.81. The average Bonchev–Trinajstić information content (AvgIpc) is 3.00. The van der Waals surface area contributed by atoms with Crippen LogP contribution >= 0.6 is 0 Å². The van der Waals surface area contributed by atoms with Crippen LogP contribution in [0.25, 0.3) is 0 Å². The highest BCUT2D eigenvalue weighted by Gasteiger charge is 2.35. The lowest BCUT2D eigenvalue weighted by Crippen LogP contribution is -2.32. The Hall–Kier alpha value is -2.62. The quantitative estimate of drug-likeness (QED) is 0.718. The smallest absolute Gasteiger partial charge is 0.416 e. The molecule has 1 aliphatic heterocycles. The van der Waals surface area contributed by atoms with Crippen LogP contribution in [0, 0.1) is 0 Å². The summed E-state index contributed by atoms with van der Waals surface area (Å²) < 4.78 is 5.34. The Morgan fingerprint density at radius 1 is 0.960 bits per heavy atom. The molecule has 0 radical (unpaired) electrons. The lowest BCUT2D eigenvalue weighted by molar-refractivity contribution is -0.127. The Balaban J connectivity index is 1.42. The van der Waals surface area contributed by atoms with Crippen LogP contribution in [0.2, 0.25) is 0 Å². The van der Waals surface area contributed by atoms with Crippen molar-refractivity contribution in [2.75, 3.05) is 6.54 Å². The molecule has 2 amide bonds. The molecule has 1 saturated heterocycles. The molecule has 1 heterocycles. The van der Waals surface area contributed by atoms with E-state index in [1.807, 2.05) is 48.5 Å². The number of rotatable bonds is 7. The molecule has 4 nitrogen and oxygen atoms in total. The van der Waals surface area contributed by atoms with Gasteiger partial charge in [0.05, 0.1) is 6.54 Å². The number of hydrogen-bond acceptors (Lipinski definition) is 3. The summed E-state index contributed by atoms with van der Waals surface area (Å²) in [5.74, 6) is -0.131. The SMILES string of the molecule is O=C(CCCCc1ccccc1)N1CC(Cc2ccccc2)OC1=O. The Morgan fingerprint density at radius 2 is 1.60 bits per heavy atom. The number of ether oxygens (including phenoxy) is 1. The van der Waals surface area contributed by atoms with Crippen molar-refractivity contribution in [3.05, 3.63) is 71.8 Å². The van der Waals surface area contributed by atoms with E-state index in [2.05, 4.69) is 12.1 Å². The van der Waals surface area contributed by atoms with E-state index < -0.39 is 6.09 Å². The first kappa shape index (κ1) is 17.2. The number of benzene rings is 2. The van der Waals surface area contributed by atoms with E-state index in [-0.39, 0.29) is 12.0 Å². The third-order valence-electron chi connectivity index (χ3n) is 4.43. The molecule has 130 valence electrons. The first-order valence-corrected chi connectivity index (χ1v) is 8.81. The summed E-state index contributed by atoms with van der Waals surface area (Å²) in [5, 5.41) is 0. The number of amides is 2. The van der Waals surface area contributed by atoms with Gasteiger partial charge in [-0.15, -0.1) is 0 Å². The fourth-order valence-electron chi connectivity index (χ4n) is 3.09. The predicted molar refractivity (Wildman–Crippen MR) is 96.1 cm³/mol. The molecular weight excluding hydrogens is 314 g/mol. The van der Waals surface area contributed by atoms with Crippen molar-refractivity contribution in [3.63, 3.8) is 0 Å². The van der Waals surface area contributed by atoms with Gasteiger partial charge in [-0.25, -0.2) is 9.69 Å². The second-order valence-electron chi connectivity index (χ2n) is 6.39. The molecule has 1 aliphatic rings. The number of imide groups is 1. The van der Waals surface area contributed by atoms with Crippen molar-refractivity contribution in [2.24, 2.45) is 0 Å². The van der Waals surface area contributed by atoms with E-state index >= 15 is 0 Å². The van der Waals surface area contributed by atoms with Crippen LogP contribution < -0.4 is 0 Å². The topological polar surface area (TPSA) is 46.6 Å². The van der Waals surface area contributed by atoms with E-state index in [4.69, 9.17) is 4.74 Å². The molecule has 3 rings (SSSR count). The van der Waals surface area contributed by atoms with Gasteiger partial charge in [-0.2, -0.15) is 0 Å². The second kappa shape index (κ2) is 8.47. The van der Waals surface area contributed by atoms with Crippen LogP contribution in [0.5, 0.6) is 0 Å². The monoisotopic (exact) mass is 337 g/mol. The summed E-state index contributed by atoms with van der Waals surface area (Å²) >= 11 is 0. The Morgan fingerprint density at radius 3 is 2.28 bits per heavy atom. The molecule has 2 aromatic rings. The predicted octanol–water partition coefficient (Wildman–Crippen LogP) is 3.99. The van der Waals surface area contributed by atoms with E-state index in [1.165, 1.54) is 10.5 Å². The molecule has 0 aliphatic carbocycles. The molecule has 0 bridgehead atoms. The maximum atomic E-state index is 12.3. The molecule has 25 heavy (non-hydrogen) atoms. The Bertz CT molecular complexity index is 700. The van der Waals surface area contributed by atoms with Crippen molar-refractivity contribution in [1.82, 2.24) is 4.90 Å². The van der Waals surface area contributed by atoms with Crippen molar-refractivity contribution in [2.45, 2.75) is 38.2 Å². The highest BCUT2D eigenvalue weighted by Crippen LogP contribution is 2.18. The normalized spacial score (nSPS) is 16.7. The second-order valence-corrected chi connectivity index (χ2v) is 6.39. The maximum Gasteiger partial charge on any atom is 0.416 e. The van der Waals surface area contributed by atoms with Gasteiger partial charge in [-0.3, -0.25) is 4.79 Å². The van der Waals surface area contributed by atoms with Crippen LogP contribution in [0.1, 0.15) is 30.4 Å². The van der Waals surface area contributed by atoms with Gasteiger partial charge in [0.1, 0.15) is 6.10 Å². The highest BCUT2D eigenvalue weighted by molar-refractivity contribution is 5.93. The van der Waals surface area contributed by atoms with E-state index in [9.17, 15) is 9.59 Å². The van der Waals surface area contributed by atoms with Gasteiger partial charge in [-0.1, -0.05) is 60.7 Å². The molecule has 2 aromatic carbocycles. The van der Waals surface area contributed by atoms with Crippen LogP contribution in [0.4, 0.5) is 4.79 Å². The molecule has 0 spiro atoms. The average molecular weight is 337 g/mol. The molecular formula is C21H23NO3. The van der Waals surface area contributed by atoms with E-state index in [0.717, 1.165) is 24.8 Å². The third kappa shape index (κ3) is 4.92. The lowest BCUT2D eigenvalue weighted by Gasteiger charge is -2.11. The molecule has 1 atom stereocenters. The van der Waals surface area contributed by atoms with Crippen molar-refractivity contribution >= 4 is 12.0 Å². The Labute approximate surface area is 148 Å². The first-order chi connectivity index (χ1) is 12.2. The summed E-state index contributed by atoms with van der Waals surface area (Å²) in [6, 6.07) is 20.1. The van der Waals surface area contributed by atoms with Crippen LogP contribution in [0.3, 0.4) is 0 Å². The minimum absolute atomic E-state index is 0.131. The van der Waals surface area contributed by atoms with Gasteiger partial charge in [0.25, 0.3) is 0 Å². The minimum Gasteiger partial charge on any atom is -0.444 e. The summed E-state index contributed by atoms with van der Waals surface area (Å²) in [6.07, 6.45) is 2.95. The number of carbonyl (C=O) groups excluding carboxylic acids is 2. The van der Waals surface area contributed by atoms with Gasteiger partial charge >= 0.3 is 6.09 Å². The summed E-state index contributed by atoms with van der Waals surface area (Å²) in [6.45, 7) is 0.352. The number of unbranched alkanes of at least 4 members (excludes halogenated alkanes) is 1. The van der Waals surface area contributed by atoms with Gasteiger partial charge in [0, 0.05) is 12.8 Å². The molecule has 0 saturated carbocycles. The molecule has 1 unspecified atom stereocenters. The zero-order chi connectivity index (χ0) is 17.5. The molecule has 0 aromatic heterocycles. The van der Waals surface area contributed by atoms with Crippen molar-refractivity contribution in [1.29, 1.82) is 0 Å². The van der Waals surface area contributed by atoms with Crippen LogP contribution in [-0.4, -0.2) is 29.5 Å². The standard InChI is InChI=1S/C21H23NO3/c23-20(14-8-7-11-17-9-3-1-4-10-17)22-16-19(25-21(22)24)15-18-12-5-2-6-13-18/h1-6,9-10,12-13,19H,7-8,11,14-16H2. The van der Waals surface area contributed by atoms with Gasteiger partial charge in [-0.05, 0) is 30.4 Å². The maximum absolute atomic E-state index is 12.3. The third-order valence-corrected chi connectivity index (χ3v) is 4.43. The summed E-state index contributed by atoms with van der Waals surface area (Å²) in [4.78, 5) is 25.5. The minimum atomic E-state index is -0.506. The van der Waals surface area contributed by atoms with Gasteiger partial charge in [0.2, 0.25) is 5.91 Å². The number of aryl methyl sites for hydroxylation is 1. The van der Waals surface area contributed by atoms with Crippen LogP contribution in [-0.2, 0) is 22.4 Å². The van der Waals surface area contributed by atoms with Crippen molar-refractivity contribution in [3.8, 4) is 0 Å². The molecule has 1 fully saturated rings. The summed E-state index contributed by atoms with van der Waals surface area (Å²) in [7, 11) is 0. The van der Waals surface area contributed by atoms with E-state index in [0.29, 0.717) is 19.4 Å².